The number of nitro benzene ring substituents is 1. The zero-order valence-corrected chi connectivity index (χ0v) is 14.3. The summed E-state index contributed by atoms with van der Waals surface area (Å²) in [5, 5.41) is 14.3. The molecule has 0 radical (unpaired) electrons. The molecule has 1 saturated heterocycles. The highest BCUT2D eigenvalue weighted by Gasteiger charge is 2.30. The maximum absolute atomic E-state index is 12.7. The van der Waals surface area contributed by atoms with Crippen molar-refractivity contribution in [2.45, 2.75) is 31.6 Å². The van der Waals surface area contributed by atoms with E-state index in [1.54, 1.807) is 6.92 Å². The van der Waals surface area contributed by atoms with Crippen LogP contribution in [-0.4, -0.2) is 43.8 Å². The lowest BCUT2D eigenvalue weighted by atomic mass is 9.98. The zero-order chi connectivity index (χ0) is 17.0. The fraction of sp³-hybridized carbons (Fsp3) is 0.600. The minimum absolute atomic E-state index is 0.0000619. The Morgan fingerprint density at radius 2 is 2.00 bits per heavy atom. The molecular formula is C15H23N3O4S. The van der Waals surface area contributed by atoms with Crippen molar-refractivity contribution in [1.82, 2.24) is 9.62 Å². The highest BCUT2D eigenvalue weighted by Crippen LogP contribution is 2.27. The molecule has 0 saturated carbocycles. The van der Waals surface area contributed by atoms with E-state index in [2.05, 4.69) is 5.32 Å². The molecule has 0 atom stereocenters. The molecule has 2 rings (SSSR count). The molecule has 1 aliphatic heterocycles. The molecule has 0 unspecified atom stereocenters. The molecule has 23 heavy (non-hydrogen) atoms. The standard InChI is InChI=1S/C15H23N3O4S/c1-3-16-11-13-6-8-17(9-7-13)23(21,22)14-5-4-12(2)15(10-14)18(19)20/h4-5,10,13,16H,3,6-9,11H2,1-2H3. The smallest absolute Gasteiger partial charge is 0.273 e. The maximum Gasteiger partial charge on any atom is 0.273 e. The van der Waals surface area contributed by atoms with Gasteiger partial charge < -0.3 is 5.32 Å². The van der Waals surface area contributed by atoms with E-state index in [4.69, 9.17) is 0 Å². The molecule has 0 aromatic heterocycles. The molecule has 7 nitrogen and oxygen atoms in total. The molecule has 0 aliphatic carbocycles. The van der Waals surface area contributed by atoms with Gasteiger partial charge in [0.25, 0.3) is 5.69 Å². The van der Waals surface area contributed by atoms with Crippen LogP contribution in [0.2, 0.25) is 0 Å². The summed E-state index contributed by atoms with van der Waals surface area (Å²) in [5.41, 5.74) is 0.298. The van der Waals surface area contributed by atoms with Gasteiger partial charge in [0.05, 0.1) is 9.82 Å². The van der Waals surface area contributed by atoms with Gasteiger partial charge in [-0.15, -0.1) is 0 Å². The predicted molar refractivity (Wildman–Crippen MR) is 87.9 cm³/mol. The fourth-order valence-corrected chi connectivity index (χ4v) is 4.29. The second-order valence-electron chi connectivity index (χ2n) is 5.86. The van der Waals surface area contributed by atoms with Crippen molar-refractivity contribution in [3.63, 3.8) is 0 Å². The summed E-state index contributed by atoms with van der Waals surface area (Å²) in [6.45, 7) is 6.37. The second-order valence-corrected chi connectivity index (χ2v) is 7.80. The summed E-state index contributed by atoms with van der Waals surface area (Å²) in [7, 11) is -3.67. The van der Waals surface area contributed by atoms with Gasteiger partial charge in [-0.2, -0.15) is 4.31 Å². The second kappa shape index (κ2) is 7.37. The van der Waals surface area contributed by atoms with Crippen LogP contribution in [0.15, 0.2) is 23.1 Å². The lowest BCUT2D eigenvalue weighted by Crippen LogP contribution is -2.40. The van der Waals surface area contributed by atoms with Crippen LogP contribution in [-0.2, 0) is 10.0 Å². The van der Waals surface area contributed by atoms with E-state index >= 15 is 0 Å². The largest absolute Gasteiger partial charge is 0.317 e. The van der Waals surface area contributed by atoms with Crippen molar-refractivity contribution in [2.24, 2.45) is 5.92 Å². The summed E-state index contributed by atoms with van der Waals surface area (Å²) in [4.78, 5) is 10.5. The van der Waals surface area contributed by atoms with Gasteiger partial charge >= 0.3 is 0 Å². The summed E-state index contributed by atoms with van der Waals surface area (Å²) in [6.07, 6.45) is 1.61. The number of rotatable bonds is 6. The van der Waals surface area contributed by atoms with Crippen molar-refractivity contribution in [3.05, 3.63) is 33.9 Å². The molecule has 1 aliphatic rings. The Bertz CT molecular complexity index is 667. The Kier molecular flexibility index (Phi) is 5.72. The molecule has 0 amide bonds. The average molecular weight is 341 g/mol. The van der Waals surface area contributed by atoms with Crippen LogP contribution < -0.4 is 5.32 Å². The van der Waals surface area contributed by atoms with Gasteiger partial charge in [-0.1, -0.05) is 13.0 Å². The normalized spacial score (nSPS) is 17.3. The number of hydrogen-bond donors (Lipinski definition) is 1. The lowest BCUT2D eigenvalue weighted by molar-refractivity contribution is -0.385. The summed E-state index contributed by atoms with van der Waals surface area (Å²) < 4.78 is 26.8. The zero-order valence-electron chi connectivity index (χ0n) is 13.5. The van der Waals surface area contributed by atoms with Crippen LogP contribution in [0, 0.1) is 23.0 Å². The molecule has 1 heterocycles. The molecule has 8 heteroatoms. The third-order valence-corrected chi connectivity index (χ3v) is 6.17. The Labute approximate surface area is 136 Å². The molecule has 1 aromatic carbocycles. The van der Waals surface area contributed by atoms with Crippen molar-refractivity contribution in [2.75, 3.05) is 26.2 Å². The van der Waals surface area contributed by atoms with Crippen molar-refractivity contribution in [3.8, 4) is 0 Å². The minimum atomic E-state index is -3.67. The predicted octanol–water partition coefficient (Wildman–Crippen LogP) is 1.91. The first kappa shape index (κ1) is 17.8. The number of benzene rings is 1. The molecule has 1 fully saturated rings. The molecule has 0 bridgehead atoms. The summed E-state index contributed by atoms with van der Waals surface area (Å²) in [5.74, 6) is 0.480. The first-order chi connectivity index (χ1) is 10.9. The Morgan fingerprint density at radius 3 is 2.57 bits per heavy atom. The number of piperidine rings is 1. The summed E-state index contributed by atoms with van der Waals surface area (Å²) >= 11 is 0. The average Bonchev–Trinajstić information content (AvgIpc) is 2.53. The van der Waals surface area contributed by atoms with Crippen LogP contribution in [0.5, 0.6) is 0 Å². The highest BCUT2D eigenvalue weighted by atomic mass is 32.2. The molecule has 1 aromatic rings. The third-order valence-electron chi connectivity index (χ3n) is 4.27. The van der Waals surface area contributed by atoms with Gasteiger partial charge in [0, 0.05) is 24.7 Å². The Hall–Kier alpha value is -1.51. The Balaban J connectivity index is 2.14. The van der Waals surface area contributed by atoms with Crippen LogP contribution in [0.1, 0.15) is 25.3 Å². The van der Waals surface area contributed by atoms with E-state index in [0.717, 1.165) is 32.0 Å². The first-order valence-corrected chi connectivity index (χ1v) is 9.26. The van der Waals surface area contributed by atoms with Crippen LogP contribution in [0.25, 0.3) is 0 Å². The van der Waals surface area contributed by atoms with E-state index in [1.165, 1.54) is 16.4 Å². The van der Waals surface area contributed by atoms with Crippen LogP contribution in [0.3, 0.4) is 0 Å². The van der Waals surface area contributed by atoms with Gasteiger partial charge in [-0.25, -0.2) is 8.42 Å². The highest BCUT2D eigenvalue weighted by molar-refractivity contribution is 7.89. The van der Waals surface area contributed by atoms with Gasteiger partial charge in [0.1, 0.15) is 0 Å². The van der Waals surface area contributed by atoms with E-state index in [0.29, 0.717) is 24.6 Å². The quantitative estimate of drug-likeness (QED) is 0.630. The first-order valence-electron chi connectivity index (χ1n) is 7.82. The number of sulfonamides is 1. The monoisotopic (exact) mass is 341 g/mol. The number of nitrogens with one attached hydrogen (secondary N) is 1. The number of hydrogen-bond acceptors (Lipinski definition) is 5. The lowest BCUT2D eigenvalue weighted by Gasteiger charge is -2.31. The third kappa shape index (κ3) is 4.07. The van der Waals surface area contributed by atoms with Crippen molar-refractivity contribution in [1.29, 1.82) is 0 Å². The van der Waals surface area contributed by atoms with Crippen molar-refractivity contribution >= 4 is 15.7 Å². The van der Waals surface area contributed by atoms with Gasteiger partial charge in [0.15, 0.2) is 0 Å². The summed E-state index contributed by atoms with van der Waals surface area (Å²) in [6, 6.07) is 4.10. The van der Waals surface area contributed by atoms with Gasteiger partial charge in [0.2, 0.25) is 10.0 Å². The van der Waals surface area contributed by atoms with Crippen LogP contribution in [0.4, 0.5) is 5.69 Å². The minimum Gasteiger partial charge on any atom is -0.317 e. The Morgan fingerprint density at radius 1 is 1.35 bits per heavy atom. The molecule has 1 N–H and O–H groups in total. The van der Waals surface area contributed by atoms with E-state index < -0.39 is 14.9 Å². The number of nitro groups is 1. The topological polar surface area (TPSA) is 92.6 Å². The molecule has 128 valence electrons. The molecular weight excluding hydrogens is 318 g/mol. The van der Waals surface area contributed by atoms with Gasteiger partial charge in [-0.05, 0) is 44.8 Å². The number of aryl methyl sites for hydroxylation is 1. The van der Waals surface area contributed by atoms with Crippen molar-refractivity contribution < 1.29 is 13.3 Å². The molecule has 0 spiro atoms. The van der Waals surface area contributed by atoms with E-state index in [9.17, 15) is 18.5 Å². The maximum atomic E-state index is 12.7. The van der Waals surface area contributed by atoms with Gasteiger partial charge in [-0.3, -0.25) is 10.1 Å². The fourth-order valence-electron chi connectivity index (χ4n) is 2.80. The van der Waals surface area contributed by atoms with Crippen LogP contribution >= 0.6 is 0 Å². The van der Waals surface area contributed by atoms with E-state index in [1.807, 2.05) is 6.92 Å². The SMILES string of the molecule is CCNCC1CCN(S(=O)(=O)c2ccc(C)c([N+](=O)[O-])c2)CC1. The van der Waals surface area contributed by atoms with E-state index in [-0.39, 0.29) is 10.6 Å². The number of nitrogens with zero attached hydrogens (tertiary/aromatic N) is 2.